The van der Waals surface area contributed by atoms with Gasteiger partial charge < -0.3 is 14.8 Å². The minimum Gasteiger partial charge on any atom is -0.403 e. The molecule has 0 unspecified atom stereocenters. The molecule has 0 aromatic heterocycles. The van der Waals surface area contributed by atoms with E-state index in [1.165, 1.54) is 6.07 Å². The molecule has 0 aliphatic carbocycles. The van der Waals surface area contributed by atoms with Gasteiger partial charge in [-0.2, -0.15) is 0 Å². The van der Waals surface area contributed by atoms with Crippen molar-refractivity contribution in [1.82, 2.24) is 10.2 Å². The molecule has 2 heterocycles. The molecule has 4 nitrogen and oxygen atoms in total. The lowest BCUT2D eigenvalue weighted by Gasteiger charge is -2.41. The fraction of sp³-hybridized carbons (Fsp3) is 0.647. The van der Waals surface area contributed by atoms with Crippen LogP contribution in [0.3, 0.4) is 0 Å². The highest BCUT2D eigenvalue weighted by atomic mass is 19.4. The SMILES string of the molecule is Fc1cc([C@@H](C2CCOCC2)N2CCNCC2)ccc1OC(F)(F)F. The number of alkyl halides is 3. The Morgan fingerprint density at radius 1 is 1.16 bits per heavy atom. The molecule has 2 aliphatic rings. The summed E-state index contributed by atoms with van der Waals surface area (Å²) >= 11 is 0. The van der Waals surface area contributed by atoms with E-state index in [1.54, 1.807) is 6.07 Å². The van der Waals surface area contributed by atoms with Crippen LogP contribution in [0.1, 0.15) is 24.4 Å². The lowest BCUT2D eigenvalue weighted by atomic mass is 9.85. The van der Waals surface area contributed by atoms with Gasteiger partial charge in [0.25, 0.3) is 0 Å². The largest absolute Gasteiger partial charge is 0.573 e. The third-order valence-electron chi connectivity index (χ3n) is 4.78. The highest BCUT2D eigenvalue weighted by molar-refractivity contribution is 5.32. The van der Waals surface area contributed by atoms with Crippen LogP contribution in [0.25, 0.3) is 0 Å². The molecule has 2 aliphatic heterocycles. The van der Waals surface area contributed by atoms with Gasteiger partial charge in [-0.15, -0.1) is 13.2 Å². The van der Waals surface area contributed by atoms with Gasteiger partial charge in [-0.05, 0) is 36.5 Å². The molecule has 25 heavy (non-hydrogen) atoms. The summed E-state index contributed by atoms with van der Waals surface area (Å²) in [6.07, 6.45) is -3.19. The fourth-order valence-electron chi connectivity index (χ4n) is 3.68. The van der Waals surface area contributed by atoms with Crippen LogP contribution in [0.15, 0.2) is 18.2 Å². The Morgan fingerprint density at radius 3 is 2.44 bits per heavy atom. The molecule has 3 rings (SSSR count). The van der Waals surface area contributed by atoms with Crippen LogP contribution in [0.2, 0.25) is 0 Å². The first-order chi connectivity index (χ1) is 11.9. The van der Waals surface area contributed by atoms with Gasteiger partial charge in [0.1, 0.15) is 0 Å². The third kappa shape index (κ3) is 4.83. The first-order valence-corrected chi connectivity index (χ1v) is 8.52. The zero-order valence-electron chi connectivity index (χ0n) is 13.8. The minimum absolute atomic E-state index is 0.0274. The number of hydrogen-bond donors (Lipinski definition) is 1. The van der Waals surface area contributed by atoms with Crippen LogP contribution in [0, 0.1) is 11.7 Å². The van der Waals surface area contributed by atoms with Gasteiger partial charge in [-0.3, -0.25) is 4.90 Å². The number of hydrogen-bond acceptors (Lipinski definition) is 4. The van der Waals surface area contributed by atoms with Gasteiger partial charge in [0.2, 0.25) is 0 Å². The van der Waals surface area contributed by atoms with Gasteiger partial charge in [-0.25, -0.2) is 4.39 Å². The number of rotatable bonds is 4. The van der Waals surface area contributed by atoms with Crippen LogP contribution in [0.4, 0.5) is 17.6 Å². The molecule has 1 atom stereocenters. The van der Waals surface area contributed by atoms with Crippen molar-refractivity contribution < 1.29 is 27.0 Å². The van der Waals surface area contributed by atoms with E-state index in [0.717, 1.165) is 45.1 Å². The van der Waals surface area contributed by atoms with Gasteiger partial charge in [0.05, 0.1) is 0 Å². The second-order valence-electron chi connectivity index (χ2n) is 6.42. The molecule has 0 spiro atoms. The topological polar surface area (TPSA) is 33.7 Å². The Hall–Kier alpha value is -1.38. The lowest BCUT2D eigenvalue weighted by Crippen LogP contribution is -2.47. The normalized spacial score (nSPS) is 21.9. The van der Waals surface area contributed by atoms with E-state index in [9.17, 15) is 17.6 Å². The quantitative estimate of drug-likeness (QED) is 0.835. The van der Waals surface area contributed by atoms with E-state index in [-0.39, 0.29) is 6.04 Å². The number of piperazine rings is 1. The molecule has 1 aromatic carbocycles. The van der Waals surface area contributed by atoms with Crippen LogP contribution in [-0.4, -0.2) is 50.7 Å². The van der Waals surface area contributed by atoms with Gasteiger partial charge in [-0.1, -0.05) is 6.07 Å². The number of nitrogens with one attached hydrogen (secondary N) is 1. The lowest BCUT2D eigenvalue weighted by molar-refractivity contribution is -0.275. The summed E-state index contributed by atoms with van der Waals surface area (Å²) in [5.74, 6) is -1.48. The van der Waals surface area contributed by atoms with Gasteiger partial charge in [0.15, 0.2) is 11.6 Å². The van der Waals surface area contributed by atoms with Crippen molar-refractivity contribution in [2.75, 3.05) is 39.4 Å². The zero-order chi connectivity index (χ0) is 17.9. The number of halogens is 4. The molecule has 8 heteroatoms. The van der Waals surface area contributed by atoms with Crippen molar-refractivity contribution in [3.05, 3.63) is 29.6 Å². The highest BCUT2D eigenvalue weighted by Gasteiger charge is 2.34. The molecule has 2 fully saturated rings. The Morgan fingerprint density at radius 2 is 1.84 bits per heavy atom. The van der Waals surface area contributed by atoms with Gasteiger partial charge >= 0.3 is 6.36 Å². The number of ether oxygens (including phenoxy) is 2. The number of nitrogens with zero attached hydrogens (tertiary/aromatic N) is 1. The summed E-state index contributed by atoms with van der Waals surface area (Å²) in [6, 6.07) is 3.78. The molecule has 0 bridgehead atoms. The smallest absolute Gasteiger partial charge is 0.403 e. The Labute approximate surface area is 144 Å². The molecule has 0 radical (unpaired) electrons. The van der Waals surface area contributed by atoms with E-state index in [4.69, 9.17) is 4.74 Å². The first-order valence-electron chi connectivity index (χ1n) is 8.52. The van der Waals surface area contributed by atoms with E-state index in [0.29, 0.717) is 24.7 Å². The average molecular weight is 362 g/mol. The summed E-state index contributed by atoms with van der Waals surface area (Å²) < 4.78 is 60.4. The maximum absolute atomic E-state index is 14.2. The molecule has 0 amide bonds. The monoisotopic (exact) mass is 362 g/mol. The molecule has 2 saturated heterocycles. The van der Waals surface area contributed by atoms with E-state index < -0.39 is 17.9 Å². The minimum atomic E-state index is -4.90. The van der Waals surface area contributed by atoms with E-state index in [1.807, 2.05) is 0 Å². The maximum Gasteiger partial charge on any atom is 0.573 e. The first kappa shape index (κ1) is 18.4. The molecular formula is C17H22F4N2O2. The Balaban J connectivity index is 1.85. The molecule has 0 saturated carbocycles. The van der Waals surface area contributed by atoms with Crippen LogP contribution in [0.5, 0.6) is 5.75 Å². The zero-order valence-corrected chi connectivity index (χ0v) is 13.8. The third-order valence-corrected chi connectivity index (χ3v) is 4.78. The second-order valence-corrected chi connectivity index (χ2v) is 6.42. The van der Waals surface area contributed by atoms with Crippen molar-refractivity contribution in [2.24, 2.45) is 5.92 Å². The summed E-state index contributed by atoms with van der Waals surface area (Å²) in [4.78, 5) is 2.28. The molecule has 1 N–H and O–H groups in total. The standard InChI is InChI=1S/C17H22F4N2O2/c18-14-11-13(1-2-15(14)25-17(19,20)21)16(12-3-9-24-10-4-12)23-7-5-22-6-8-23/h1-2,11-12,16,22H,3-10H2/t16-/m1/s1. The predicted molar refractivity (Wildman–Crippen MR) is 83.8 cm³/mol. The fourth-order valence-corrected chi connectivity index (χ4v) is 3.68. The predicted octanol–water partition coefficient (Wildman–Crippen LogP) is 3.10. The van der Waals surface area contributed by atoms with Crippen molar-refractivity contribution >= 4 is 0 Å². The molecule has 140 valence electrons. The summed E-state index contributed by atoms with van der Waals surface area (Å²) in [5.41, 5.74) is 0.695. The van der Waals surface area contributed by atoms with Crippen molar-refractivity contribution in [3.63, 3.8) is 0 Å². The summed E-state index contributed by atoms with van der Waals surface area (Å²) in [6.45, 7) is 4.65. The van der Waals surface area contributed by atoms with E-state index in [2.05, 4.69) is 15.0 Å². The van der Waals surface area contributed by atoms with Crippen molar-refractivity contribution in [3.8, 4) is 5.75 Å². The molecular weight excluding hydrogens is 340 g/mol. The van der Waals surface area contributed by atoms with Crippen LogP contribution >= 0.6 is 0 Å². The van der Waals surface area contributed by atoms with E-state index >= 15 is 0 Å². The molecule has 1 aromatic rings. The van der Waals surface area contributed by atoms with Crippen molar-refractivity contribution in [2.45, 2.75) is 25.2 Å². The summed E-state index contributed by atoms with van der Waals surface area (Å²) in [5, 5.41) is 3.28. The number of benzene rings is 1. The highest BCUT2D eigenvalue weighted by Crippen LogP contribution is 2.37. The van der Waals surface area contributed by atoms with Crippen LogP contribution in [-0.2, 0) is 4.74 Å². The second kappa shape index (κ2) is 7.88. The average Bonchev–Trinajstić information content (AvgIpc) is 2.58. The maximum atomic E-state index is 14.2. The Kier molecular flexibility index (Phi) is 5.81. The summed E-state index contributed by atoms with van der Waals surface area (Å²) in [7, 11) is 0. The van der Waals surface area contributed by atoms with Crippen molar-refractivity contribution in [1.29, 1.82) is 0 Å². The van der Waals surface area contributed by atoms with Gasteiger partial charge in [0, 0.05) is 45.4 Å². The Bertz CT molecular complexity index is 552. The van der Waals surface area contributed by atoms with Crippen LogP contribution < -0.4 is 10.1 Å².